The summed E-state index contributed by atoms with van der Waals surface area (Å²) < 4.78 is 5.14. The van der Waals surface area contributed by atoms with Crippen LogP contribution < -0.4 is 0 Å². The van der Waals surface area contributed by atoms with Gasteiger partial charge in [-0.15, -0.1) is 11.3 Å². The van der Waals surface area contributed by atoms with E-state index in [4.69, 9.17) is 4.74 Å². The molecule has 3 rings (SSSR count). The van der Waals surface area contributed by atoms with Crippen molar-refractivity contribution in [3.05, 3.63) is 104 Å². The number of ether oxygens (including phenoxy) is 1. The Bertz CT molecular complexity index is 1210. The van der Waals surface area contributed by atoms with Crippen molar-refractivity contribution in [1.82, 2.24) is 9.80 Å². The predicted molar refractivity (Wildman–Crippen MR) is 145 cm³/mol. The number of methoxy groups -OCH3 is 1. The monoisotopic (exact) mass is 521 g/mol. The number of nitro benzene ring substituents is 1. The summed E-state index contributed by atoms with van der Waals surface area (Å²) in [6.45, 7) is 3.70. The molecule has 0 saturated carbocycles. The molecule has 194 valence electrons. The molecule has 0 saturated heterocycles. The van der Waals surface area contributed by atoms with E-state index in [2.05, 4.69) is 0 Å². The first-order valence-electron chi connectivity index (χ1n) is 11.9. The number of amides is 2. The number of nitrogens with zero attached hydrogens (tertiary/aromatic N) is 3. The molecule has 9 heteroatoms. The van der Waals surface area contributed by atoms with Crippen LogP contribution in [0.2, 0.25) is 0 Å². The van der Waals surface area contributed by atoms with Crippen molar-refractivity contribution < 1.29 is 19.2 Å². The van der Waals surface area contributed by atoms with Crippen LogP contribution in [0.5, 0.6) is 0 Å². The third-order valence-corrected chi connectivity index (χ3v) is 6.82. The number of thiophene rings is 1. The molecule has 0 spiro atoms. The van der Waals surface area contributed by atoms with Crippen molar-refractivity contribution in [3.8, 4) is 0 Å². The van der Waals surface area contributed by atoms with Crippen LogP contribution in [0.25, 0.3) is 6.08 Å². The second-order valence-electron chi connectivity index (χ2n) is 8.55. The van der Waals surface area contributed by atoms with E-state index >= 15 is 0 Å². The first-order valence-corrected chi connectivity index (χ1v) is 12.8. The number of aryl methyl sites for hydroxylation is 1. The van der Waals surface area contributed by atoms with Gasteiger partial charge in [0.05, 0.1) is 11.5 Å². The van der Waals surface area contributed by atoms with E-state index in [1.54, 1.807) is 41.6 Å². The smallest absolute Gasteiger partial charge is 0.269 e. The molecule has 1 heterocycles. The van der Waals surface area contributed by atoms with Crippen molar-refractivity contribution in [2.75, 3.05) is 26.8 Å². The quantitative estimate of drug-likeness (QED) is 0.135. The fourth-order valence-corrected chi connectivity index (χ4v) is 4.61. The largest absolute Gasteiger partial charge is 0.385 e. The lowest BCUT2D eigenvalue weighted by atomic mass is 10.2. The zero-order valence-corrected chi connectivity index (χ0v) is 21.9. The van der Waals surface area contributed by atoms with Gasteiger partial charge in [-0.3, -0.25) is 19.7 Å². The molecule has 0 radical (unpaired) electrons. The summed E-state index contributed by atoms with van der Waals surface area (Å²) in [5.74, 6) is -0.457. The van der Waals surface area contributed by atoms with E-state index in [1.165, 1.54) is 23.1 Å². The summed E-state index contributed by atoms with van der Waals surface area (Å²) in [6, 6.07) is 17.7. The molecule has 0 bridgehead atoms. The van der Waals surface area contributed by atoms with Gasteiger partial charge < -0.3 is 14.5 Å². The summed E-state index contributed by atoms with van der Waals surface area (Å²) in [4.78, 5) is 41.4. The Hall–Kier alpha value is -3.82. The highest BCUT2D eigenvalue weighted by Gasteiger charge is 2.21. The van der Waals surface area contributed by atoms with E-state index in [0.717, 1.165) is 16.0 Å². The van der Waals surface area contributed by atoms with Crippen LogP contribution in [-0.2, 0) is 27.4 Å². The Morgan fingerprint density at radius 2 is 1.76 bits per heavy atom. The summed E-state index contributed by atoms with van der Waals surface area (Å²) in [6.07, 6.45) is 3.58. The molecule has 2 aromatic carbocycles. The lowest BCUT2D eigenvalue weighted by molar-refractivity contribution is -0.384. The van der Waals surface area contributed by atoms with Crippen LogP contribution in [0.3, 0.4) is 0 Å². The molecule has 0 atom stereocenters. The van der Waals surface area contributed by atoms with Crippen molar-refractivity contribution in [2.45, 2.75) is 26.4 Å². The Balaban J connectivity index is 1.76. The van der Waals surface area contributed by atoms with E-state index < -0.39 is 4.92 Å². The molecule has 37 heavy (non-hydrogen) atoms. The minimum atomic E-state index is -0.472. The Kier molecular flexibility index (Phi) is 10.5. The van der Waals surface area contributed by atoms with Crippen LogP contribution in [-0.4, -0.2) is 53.3 Å². The third-order valence-electron chi connectivity index (χ3n) is 5.81. The van der Waals surface area contributed by atoms with Gasteiger partial charge in [0.25, 0.3) is 5.69 Å². The van der Waals surface area contributed by atoms with Crippen LogP contribution in [0.15, 0.2) is 72.1 Å². The van der Waals surface area contributed by atoms with E-state index in [1.807, 2.05) is 48.7 Å². The first kappa shape index (κ1) is 27.8. The topological polar surface area (TPSA) is 93.0 Å². The lowest BCUT2D eigenvalue weighted by Gasteiger charge is -2.27. The van der Waals surface area contributed by atoms with Gasteiger partial charge in [-0.05, 0) is 59.7 Å². The molecule has 0 unspecified atom stereocenters. The van der Waals surface area contributed by atoms with Gasteiger partial charge in [0, 0.05) is 49.9 Å². The highest BCUT2D eigenvalue weighted by atomic mass is 32.1. The molecule has 0 aliphatic heterocycles. The molecule has 0 N–H and O–H groups in total. The maximum atomic E-state index is 13.5. The third kappa shape index (κ3) is 8.66. The van der Waals surface area contributed by atoms with E-state index in [-0.39, 0.29) is 24.0 Å². The number of rotatable bonds is 13. The SMILES string of the molecule is COCCCN(CC(=O)N(Cc1ccccc1)Cc1sccc1C)C(=O)/C=C/c1ccc([N+](=O)[O-])cc1. The first-order chi connectivity index (χ1) is 17.9. The number of benzene rings is 2. The van der Waals surface area contributed by atoms with E-state index in [0.29, 0.717) is 38.2 Å². The molecular weight excluding hydrogens is 490 g/mol. The number of carbonyl (C=O) groups excluding carboxylic acids is 2. The normalized spacial score (nSPS) is 11.0. The zero-order valence-electron chi connectivity index (χ0n) is 21.0. The number of hydrogen-bond acceptors (Lipinski definition) is 6. The zero-order chi connectivity index (χ0) is 26.6. The maximum Gasteiger partial charge on any atom is 0.269 e. The average Bonchev–Trinajstić information content (AvgIpc) is 3.31. The molecule has 3 aromatic rings. The number of nitro groups is 1. The van der Waals surface area contributed by atoms with Gasteiger partial charge in [-0.1, -0.05) is 30.3 Å². The van der Waals surface area contributed by atoms with Gasteiger partial charge in [0.2, 0.25) is 11.8 Å². The number of carbonyl (C=O) groups is 2. The summed E-state index contributed by atoms with van der Waals surface area (Å²) in [5, 5.41) is 12.9. The van der Waals surface area contributed by atoms with Crippen molar-refractivity contribution >= 4 is 34.9 Å². The second-order valence-corrected chi connectivity index (χ2v) is 9.55. The van der Waals surface area contributed by atoms with Gasteiger partial charge in [-0.25, -0.2) is 0 Å². The van der Waals surface area contributed by atoms with Crippen LogP contribution in [0.4, 0.5) is 5.69 Å². The Morgan fingerprint density at radius 3 is 2.38 bits per heavy atom. The molecule has 0 aliphatic carbocycles. The van der Waals surface area contributed by atoms with Gasteiger partial charge in [0.15, 0.2) is 0 Å². The van der Waals surface area contributed by atoms with E-state index in [9.17, 15) is 19.7 Å². The molecule has 0 aliphatic rings. The minimum Gasteiger partial charge on any atom is -0.385 e. The predicted octanol–water partition coefficient (Wildman–Crippen LogP) is 5.07. The fraction of sp³-hybridized carbons (Fsp3) is 0.286. The Morgan fingerprint density at radius 1 is 1.03 bits per heavy atom. The fourth-order valence-electron chi connectivity index (χ4n) is 3.69. The summed E-state index contributed by atoms with van der Waals surface area (Å²) >= 11 is 1.61. The van der Waals surface area contributed by atoms with Crippen LogP contribution >= 0.6 is 11.3 Å². The minimum absolute atomic E-state index is 0.0187. The summed E-state index contributed by atoms with van der Waals surface area (Å²) in [5.41, 5.74) is 2.78. The van der Waals surface area contributed by atoms with Gasteiger partial charge in [-0.2, -0.15) is 0 Å². The number of non-ortho nitro benzene ring substituents is 1. The molecule has 8 nitrogen and oxygen atoms in total. The van der Waals surface area contributed by atoms with Crippen molar-refractivity contribution in [1.29, 1.82) is 0 Å². The molecule has 2 amide bonds. The average molecular weight is 522 g/mol. The lowest BCUT2D eigenvalue weighted by Crippen LogP contribution is -2.42. The highest BCUT2D eigenvalue weighted by molar-refractivity contribution is 7.10. The van der Waals surface area contributed by atoms with Crippen molar-refractivity contribution in [2.24, 2.45) is 0 Å². The standard InChI is InChI=1S/C28H31N3O5S/c1-22-15-18-37-26(22)20-30(19-24-7-4-3-5-8-24)28(33)21-29(16-6-17-36-2)27(32)14-11-23-9-12-25(13-10-23)31(34)35/h3-5,7-15,18H,6,16-17,19-21H2,1-2H3/b14-11+. The molecule has 1 aromatic heterocycles. The molecule has 0 fully saturated rings. The van der Waals surface area contributed by atoms with Gasteiger partial charge >= 0.3 is 0 Å². The van der Waals surface area contributed by atoms with Crippen molar-refractivity contribution in [3.63, 3.8) is 0 Å². The van der Waals surface area contributed by atoms with Gasteiger partial charge in [0.1, 0.15) is 6.54 Å². The Labute approximate surface area is 220 Å². The number of hydrogen-bond donors (Lipinski definition) is 0. The van der Waals surface area contributed by atoms with Crippen LogP contribution in [0, 0.1) is 17.0 Å². The second kappa shape index (κ2) is 14.1. The maximum absolute atomic E-state index is 13.5. The molecular formula is C28H31N3O5S. The summed E-state index contributed by atoms with van der Waals surface area (Å²) in [7, 11) is 1.59. The van der Waals surface area contributed by atoms with Crippen LogP contribution in [0.1, 0.15) is 28.0 Å². The highest BCUT2D eigenvalue weighted by Crippen LogP contribution is 2.20.